The average molecular weight is 508 g/mol. The van der Waals surface area contributed by atoms with Gasteiger partial charge in [0.15, 0.2) is 0 Å². The Balaban J connectivity index is 1.43. The molecule has 1 aromatic heterocycles. The van der Waals surface area contributed by atoms with E-state index in [0.29, 0.717) is 33.1 Å². The van der Waals surface area contributed by atoms with E-state index in [1.54, 1.807) is 29.3 Å². The molecule has 3 heterocycles. The lowest BCUT2D eigenvalue weighted by atomic mass is 9.65. The smallest absolute Gasteiger partial charge is 0.264 e. The standard InChI is InChI=1S/C23H25B2Cl2N7O/c1-32-20-16(21(35)34(23(32,24)25)19-17(26)3-2-4-18(19)27)13-29-22(31-20)30-14-5-7-15(8-6-14)33-11-9-28-10-12-33/h2-8,13,28H,9-12,24-25H2,1H3,(H,29,30,31). The van der Waals surface area contributed by atoms with Crippen LogP contribution in [0.15, 0.2) is 48.7 Å². The van der Waals surface area contributed by atoms with Crippen molar-refractivity contribution < 1.29 is 4.79 Å². The molecule has 0 saturated carbocycles. The number of amides is 1. The number of nitrogens with one attached hydrogen (secondary N) is 2. The van der Waals surface area contributed by atoms with Crippen molar-refractivity contribution in [2.24, 2.45) is 0 Å². The highest BCUT2D eigenvalue weighted by molar-refractivity contribution is 6.49. The maximum atomic E-state index is 13.6. The second-order valence-corrected chi connectivity index (χ2v) is 9.92. The van der Waals surface area contributed by atoms with Crippen LogP contribution in [-0.4, -0.2) is 70.3 Å². The number of aromatic nitrogens is 2. The van der Waals surface area contributed by atoms with E-state index in [-0.39, 0.29) is 5.91 Å². The Bertz CT molecular complexity index is 1250. The van der Waals surface area contributed by atoms with Gasteiger partial charge in [-0.1, -0.05) is 29.3 Å². The van der Waals surface area contributed by atoms with E-state index in [0.717, 1.165) is 31.9 Å². The molecule has 0 bridgehead atoms. The van der Waals surface area contributed by atoms with Gasteiger partial charge in [-0.2, -0.15) is 4.98 Å². The summed E-state index contributed by atoms with van der Waals surface area (Å²) in [7, 11) is 5.75. The molecule has 3 aromatic rings. The molecular formula is C23H25B2Cl2N7O. The molecule has 178 valence electrons. The number of anilines is 5. The average Bonchev–Trinajstić information content (AvgIpc) is 2.85. The normalized spacial score (nSPS) is 17.3. The number of halogens is 2. The molecule has 5 rings (SSSR count). The van der Waals surface area contributed by atoms with Gasteiger partial charge in [0, 0.05) is 56.3 Å². The van der Waals surface area contributed by atoms with E-state index in [9.17, 15) is 4.79 Å². The summed E-state index contributed by atoms with van der Waals surface area (Å²) in [6.07, 6.45) is 1.55. The molecule has 2 aromatic carbocycles. The van der Waals surface area contributed by atoms with Crippen molar-refractivity contribution in [1.29, 1.82) is 0 Å². The molecule has 0 aliphatic carbocycles. The number of hydrogen-bond donors (Lipinski definition) is 2. The Labute approximate surface area is 216 Å². The van der Waals surface area contributed by atoms with Gasteiger partial charge < -0.3 is 20.4 Å². The minimum absolute atomic E-state index is 0.259. The maximum absolute atomic E-state index is 13.6. The van der Waals surface area contributed by atoms with Gasteiger partial charge in [-0.15, -0.1) is 0 Å². The van der Waals surface area contributed by atoms with Crippen molar-refractivity contribution in [3.05, 3.63) is 64.3 Å². The molecule has 0 spiro atoms. The third-order valence-corrected chi connectivity index (χ3v) is 7.26. The number of fused-ring (bicyclic) bond motifs is 1. The van der Waals surface area contributed by atoms with Crippen LogP contribution in [0, 0.1) is 0 Å². The summed E-state index contributed by atoms with van der Waals surface area (Å²) in [4.78, 5) is 28.6. The predicted molar refractivity (Wildman–Crippen MR) is 148 cm³/mol. The monoisotopic (exact) mass is 507 g/mol. The van der Waals surface area contributed by atoms with Crippen molar-refractivity contribution in [1.82, 2.24) is 15.3 Å². The lowest BCUT2D eigenvalue weighted by Crippen LogP contribution is -2.66. The van der Waals surface area contributed by atoms with Crippen LogP contribution in [0.4, 0.5) is 28.8 Å². The molecule has 2 aliphatic heterocycles. The van der Waals surface area contributed by atoms with E-state index < -0.39 is 5.46 Å². The third-order valence-electron chi connectivity index (χ3n) is 6.65. The summed E-state index contributed by atoms with van der Waals surface area (Å²) in [5, 5.41) is 7.43. The summed E-state index contributed by atoms with van der Waals surface area (Å²) >= 11 is 12.9. The highest BCUT2D eigenvalue weighted by Crippen LogP contribution is 2.42. The first kappa shape index (κ1) is 23.8. The fourth-order valence-corrected chi connectivity index (χ4v) is 5.07. The number of hydrogen-bond acceptors (Lipinski definition) is 7. The van der Waals surface area contributed by atoms with E-state index >= 15 is 0 Å². The minimum atomic E-state index is -0.782. The summed E-state index contributed by atoms with van der Waals surface area (Å²) in [6, 6.07) is 13.4. The maximum Gasteiger partial charge on any atom is 0.264 e. The van der Waals surface area contributed by atoms with Crippen LogP contribution in [-0.2, 0) is 0 Å². The quantitative estimate of drug-likeness (QED) is 0.522. The van der Waals surface area contributed by atoms with Crippen LogP contribution in [0.1, 0.15) is 10.4 Å². The van der Waals surface area contributed by atoms with E-state index in [4.69, 9.17) is 28.2 Å². The van der Waals surface area contributed by atoms with Gasteiger partial charge in [0.25, 0.3) is 5.91 Å². The molecule has 35 heavy (non-hydrogen) atoms. The highest BCUT2D eigenvalue weighted by Gasteiger charge is 2.44. The van der Waals surface area contributed by atoms with Gasteiger partial charge in [0.05, 0.1) is 15.7 Å². The van der Waals surface area contributed by atoms with Gasteiger partial charge in [0.1, 0.15) is 27.1 Å². The van der Waals surface area contributed by atoms with Crippen molar-refractivity contribution in [3.8, 4) is 0 Å². The SMILES string of the molecule is BC1(B)N(C)c2nc(Nc3ccc(N4CCNCC4)cc3)ncc2C(=O)N1c1c(Cl)cccc1Cl. The minimum Gasteiger partial charge on any atom is -0.369 e. The van der Waals surface area contributed by atoms with Crippen LogP contribution in [0.25, 0.3) is 0 Å². The highest BCUT2D eigenvalue weighted by atomic mass is 35.5. The first-order valence-electron chi connectivity index (χ1n) is 11.5. The molecule has 0 atom stereocenters. The Morgan fingerprint density at radius 2 is 1.71 bits per heavy atom. The number of carbonyl (C=O) groups excluding carboxylic acids is 1. The number of para-hydroxylation sites is 1. The first-order valence-corrected chi connectivity index (χ1v) is 12.2. The van der Waals surface area contributed by atoms with Crippen molar-refractivity contribution >= 4 is 73.6 Å². The fourth-order valence-electron chi connectivity index (χ4n) is 4.50. The number of nitrogens with zero attached hydrogens (tertiary/aromatic N) is 5. The number of carbonyl (C=O) groups is 1. The fraction of sp³-hybridized carbons (Fsp3) is 0.261. The zero-order valence-electron chi connectivity index (χ0n) is 19.8. The molecule has 1 amide bonds. The van der Waals surface area contributed by atoms with Crippen LogP contribution in [0.3, 0.4) is 0 Å². The molecular weight excluding hydrogens is 483 g/mol. The zero-order chi connectivity index (χ0) is 24.7. The molecule has 12 heteroatoms. The molecule has 2 N–H and O–H groups in total. The van der Waals surface area contributed by atoms with Crippen molar-refractivity contribution in [2.45, 2.75) is 5.46 Å². The molecule has 0 unspecified atom stereocenters. The van der Waals surface area contributed by atoms with Crippen LogP contribution < -0.4 is 25.3 Å². The predicted octanol–water partition coefficient (Wildman–Crippen LogP) is 1.91. The van der Waals surface area contributed by atoms with Gasteiger partial charge in [-0.05, 0) is 36.4 Å². The van der Waals surface area contributed by atoms with Crippen LogP contribution in [0.5, 0.6) is 0 Å². The second kappa shape index (κ2) is 9.26. The topological polar surface area (TPSA) is 76.6 Å². The number of rotatable bonds is 4. The molecule has 0 radical (unpaired) electrons. The zero-order valence-corrected chi connectivity index (χ0v) is 21.4. The van der Waals surface area contributed by atoms with Gasteiger partial charge in [-0.25, -0.2) is 4.98 Å². The Morgan fingerprint density at radius 1 is 1.06 bits per heavy atom. The lowest BCUT2D eigenvalue weighted by Gasteiger charge is -2.50. The van der Waals surface area contributed by atoms with Crippen molar-refractivity contribution in [2.75, 3.05) is 53.2 Å². The van der Waals surface area contributed by atoms with E-state index in [1.807, 2.05) is 39.8 Å². The van der Waals surface area contributed by atoms with Crippen molar-refractivity contribution in [3.63, 3.8) is 0 Å². The first-order chi connectivity index (χ1) is 16.8. The molecule has 2 aliphatic rings. The second-order valence-electron chi connectivity index (χ2n) is 9.10. The van der Waals surface area contributed by atoms with Crippen LogP contribution >= 0.6 is 23.2 Å². The number of piperazine rings is 1. The summed E-state index contributed by atoms with van der Waals surface area (Å²) in [6.45, 7) is 3.97. The largest absolute Gasteiger partial charge is 0.369 e. The Morgan fingerprint density at radius 3 is 2.37 bits per heavy atom. The van der Waals surface area contributed by atoms with E-state index in [2.05, 4.69) is 32.7 Å². The summed E-state index contributed by atoms with van der Waals surface area (Å²) < 4.78 is 0. The molecule has 1 saturated heterocycles. The Kier molecular flexibility index (Phi) is 6.29. The van der Waals surface area contributed by atoms with Gasteiger partial charge in [0.2, 0.25) is 5.95 Å². The Hall–Kier alpha value is -2.94. The van der Waals surface area contributed by atoms with E-state index in [1.165, 1.54) is 5.69 Å². The molecule has 8 nitrogen and oxygen atoms in total. The summed E-state index contributed by atoms with van der Waals surface area (Å²) in [5.74, 6) is 0.692. The third kappa shape index (κ3) is 4.30. The molecule has 1 fully saturated rings. The van der Waals surface area contributed by atoms with Gasteiger partial charge >= 0.3 is 0 Å². The van der Waals surface area contributed by atoms with Gasteiger partial charge in [-0.3, -0.25) is 9.69 Å². The number of benzene rings is 2. The van der Waals surface area contributed by atoms with Crippen LogP contribution in [0.2, 0.25) is 10.0 Å². The summed E-state index contributed by atoms with van der Waals surface area (Å²) in [5.41, 5.74) is 2.12. The lowest BCUT2D eigenvalue weighted by molar-refractivity contribution is 0.0973.